The molecule has 1 heterocycles. The van der Waals surface area contributed by atoms with E-state index in [4.69, 9.17) is 4.74 Å². The Morgan fingerprint density at radius 3 is 2.25 bits per heavy atom. The Hall–Kier alpha value is -2.22. The maximum Gasteiger partial charge on any atom is 0.179 e. The molecule has 0 radical (unpaired) electrons. The lowest BCUT2D eigenvalue weighted by molar-refractivity contribution is 0.128. The van der Waals surface area contributed by atoms with Crippen LogP contribution in [0.3, 0.4) is 0 Å². The van der Waals surface area contributed by atoms with Gasteiger partial charge in [-0.3, -0.25) is 0 Å². The molecule has 1 aliphatic carbocycles. The van der Waals surface area contributed by atoms with Crippen LogP contribution in [0.5, 0.6) is 0 Å². The topological polar surface area (TPSA) is 12.5 Å². The zero-order valence-electron chi connectivity index (χ0n) is 14.5. The summed E-state index contributed by atoms with van der Waals surface area (Å²) < 4.78 is 6.57. The summed E-state index contributed by atoms with van der Waals surface area (Å²) >= 11 is 0. The van der Waals surface area contributed by atoms with Gasteiger partial charge in [0.2, 0.25) is 0 Å². The van der Waals surface area contributed by atoms with Crippen molar-refractivity contribution in [2.75, 3.05) is 4.90 Å². The first-order valence-electron chi connectivity index (χ1n) is 9.03. The molecule has 2 aromatic carbocycles. The van der Waals surface area contributed by atoms with Crippen molar-refractivity contribution in [2.24, 2.45) is 5.92 Å². The zero-order chi connectivity index (χ0) is 16.5. The molecule has 1 unspecified atom stereocenters. The number of allylic oxidation sites excluding steroid dienone is 1. The van der Waals surface area contributed by atoms with E-state index in [0.717, 1.165) is 5.76 Å². The van der Waals surface area contributed by atoms with Crippen LogP contribution < -0.4 is 4.90 Å². The molecule has 124 valence electrons. The Morgan fingerprint density at radius 2 is 1.54 bits per heavy atom. The predicted octanol–water partition coefficient (Wildman–Crippen LogP) is 5.74. The maximum absolute atomic E-state index is 6.57. The van der Waals surface area contributed by atoms with Crippen LogP contribution in [-0.2, 0) is 4.74 Å². The fourth-order valence-corrected chi connectivity index (χ4v) is 4.13. The van der Waals surface area contributed by atoms with Crippen molar-refractivity contribution >= 4 is 11.4 Å². The van der Waals surface area contributed by atoms with Crippen LogP contribution in [0.1, 0.15) is 43.7 Å². The van der Waals surface area contributed by atoms with Gasteiger partial charge in [0.05, 0.1) is 5.70 Å². The van der Waals surface area contributed by atoms with Crippen LogP contribution >= 0.6 is 0 Å². The molecule has 24 heavy (non-hydrogen) atoms. The van der Waals surface area contributed by atoms with Crippen LogP contribution in [0.2, 0.25) is 0 Å². The molecule has 0 N–H and O–H groups in total. The number of hydrogen-bond acceptors (Lipinski definition) is 2. The number of nitrogens with zero attached hydrogens (tertiary/aromatic N) is 1. The minimum absolute atomic E-state index is 0.129. The minimum atomic E-state index is 0.129. The Bertz CT molecular complexity index is 744. The van der Waals surface area contributed by atoms with E-state index in [1.165, 1.54) is 48.2 Å². The summed E-state index contributed by atoms with van der Waals surface area (Å²) in [6.07, 6.45) is 5.31. The molecule has 0 aromatic heterocycles. The average molecular weight is 319 g/mol. The summed E-state index contributed by atoms with van der Waals surface area (Å²) in [5, 5.41) is 0. The third-order valence-corrected chi connectivity index (χ3v) is 5.40. The number of ether oxygens (including phenoxy) is 1. The van der Waals surface area contributed by atoms with E-state index in [9.17, 15) is 0 Å². The van der Waals surface area contributed by atoms with Gasteiger partial charge < -0.3 is 9.64 Å². The van der Waals surface area contributed by atoms with Crippen LogP contribution in [0.15, 0.2) is 60.3 Å². The third-order valence-electron chi connectivity index (χ3n) is 5.40. The molecule has 1 fully saturated rings. The Morgan fingerprint density at radius 1 is 0.875 bits per heavy atom. The first-order valence-corrected chi connectivity index (χ1v) is 9.03. The summed E-state index contributed by atoms with van der Waals surface area (Å²) in [7, 11) is 0. The SMILES string of the molecule is CC1=C(c2ccccc2)OC(C2CCCC2)N1c1ccccc1C. The lowest BCUT2D eigenvalue weighted by Gasteiger charge is -2.31. The molecule has 2 heteroatoms. The summed E-state index contributed by atoms with van der Waals surface area (Å²) in [6.45, 7) is 4.39. The van der Waals surface area contributed by atoms with Crippen LogP contribution in [0.4, 0.5) is 5.69 Å². The first-order chi connectivity index (χ1) is 11.8. The standard InChI is InChI=1S/C22H25NO/c1-16-10-6-9-15-20(16)23-17(2)21(18-11-4-3-5-12-18)24-22(23)19-13-7-8-14-19/h3-6,9-12,15,19,22H,7-8,13-14H2,1-2H3. The van der Waals surface area contributed by atoms with Gasteiger partial charge in [-0.15, -0.1) is 0 Å². The lowest BCUT2D eigenvalue weighted by Crippen LogP contribution is -2.36. The number of para-hydroxylation sites is 1. The molecule has 2 nitrogen and oxygen atoms in total. The van der Waals surface area contributed by atoms with Crippen LogP contribution in [0, 0.1) is 12.8 Å². The van der Waals surface area contributed by atoms with Crippen molar-refractivity contribution in [2.45, 2.75) is 45.8 Å². The van der Waals surface area contributed by atoms with E-state index in [0.29, 0.717) is 5.92 Å². The maximum atomic E-state index is 6.57. The summed E-state index contributed by atoms with van der Waals surface area (Å²) in [5.41, 5.74) is 4.98. The third kappa shape index (κ3) is 2.60. The predicted molar refractivity (Wildman–Crippen MR) is 99.5 cm³/mol. The van der Waals surface area contributed by atoms with Gasteiger partial charge in [-0.25, -0.2) is 0 Å². The zero-order valence-corrected chi connectivity index (χ0v) is 14.5. The van der Waals surface area contributed by atoms with Gasteiger partial charge in [-0.05, 0) is 38.3 Å². The van der Waals surface area contributed by atoms with E-state index in [1.807, 2.05) is 0 Å². The highest BCUT2D eigenvalue weighted by atomic mass is 16.5. The smallest absolute Gasteiger partial charge is 0.179 e. The molecule has 1 aliphatic heterocycles. The van der Waals surface area contributed by atoms with Crippen molar-refractivity contribution in [1.82, 2.24) is 0 Å². The highest BCUT2D eigenvalue weighted by Crippen LogP contribution is 2.43. The fraction of sp³-hybridized carbons (Fsp3) is 0.364. The van der Waals surface area contributed by atoms with Crippen molar-refractivity contribution in [3.63, 3.8) is 0 Å². The molecule has 2 aliphatic rings. The Kier molecular flexibility index (Phi) is 4.05. The van der Waals surface area contributed by atoms with Gasteiger partial charge in [0.1, 0.15) is 5.76 Å². The van der Waals surface area contributed by atoms with E-state index >= 15 is 0 Å². The second-order valence-electron chi connectivity index (χ2n) is 6.99. The van der Waals surface area contributed by atoms with Crippen LogP contribution in [-0.4, -0.2) is 6.23 Å². The van der Waals surface area contributed by atoms with Crippen molar-refractivity contribution < 1.29 is 4.74 Å². The second-order valence-corrected chi connectivity index (χ2v) is 6.99. The molecular formula is C22H25NO. The molecule has 0 saturated heterocycles. The fourth-order valence-electron chi connectivity index (χ4n) is 4.13. The number of benzene rings is 2. The van der Waals surface area contributed by atoms with Gasteiger partial charge in [0.25, 0.3) is 0 Å². The highest BCUT2D eigenvalue weighted by Gasteiger charge is 2.39. The highest BCUT2D eigenvalue weighted by molar-refractivity contribution is 5.73. The van der Waals surface area contributed by atoms with Crippen LogP contribution in [0.25, 0.3) is 5.76 Å². The monoisotopic (exact) mass is 319 g/mol. The molecule has 4 rings (SSSR count). The number of rotatable bonds is 3. The largest absolute Gasteiger partial charge is 0.467 e. The first kappa shape index (κ1) is 15.3. The molecule has 1 saturated carbocycles. The van der Waals surface area contributed by atoms with E-state index in [2.05, 4.69) is 73.3 Å². The molecule has 0 spiro atoms. The second kappa shape index (κ2) is 6.35. The quantitative estimate of drug-likeness (QED) is 0.715. The van der Waals surface area contributed by atoms with Crippen molar-refractivity contribution in [3.05, 3.63) is 71.4 Å². The molecule has 0 bridgehead atoms. The molecule has 2 aromatic rings. The van der Waals surface area contributed by atoms with E-state index < -0.39 is 0 Å². The molecular weight excluding hydrogens is 294 g/mol. The Balaban J connectivity index is 1.78. The van der Waals surface area contributed by atoms with Gasteiger partial charge in [0.15, 0.2) is 6.23 Å². The van der Waals surface area contributed by atoms with Gasteiger partial charge in [-0.1, -0.05) is 61.4 Å². The van der Waals surface area contributed by atoms with Gasteiger partial charge in [0, 0.05) is 17.2 Å². The normalized spacial score (nSPS) is 21.4. The van der Waals surface area contributed by atoms with E-state index in [-0.39, 0.29) is 6.23 Å². The molecule has 0 amide bonds. The van der Waals surface area contributed by atoms with Gasteiger partial charge in [-0.2, -0.15) is 0 Å². The average Bonchev–Trinajstić information content (AvgIpc) is 3.24. The summed E-state index contributed by atoms with van der Waals surface area (Å²) in [4.78, 5) is 2.44. The van der Waals surface area contributed by atoms with Crippen molar-refractivity contribution in [1.29, 1.82) is 0 Å². The minimum Gasteiger partial charge on any atom is -0.467 e. The van der Waals surface area contributed by atoms with Crippen molar-refractivity contribution in [3.8, 4) is 0 Å². The number of anilines is 1. The van der Waals surface area contributed by atoms with E-state index in [1.54, 1.807) is 0 Å². The number of aryl methyl sites for hydroxylation is 1. The number of hydrogen-bond donors (Lipinski definition) is 0. The molecule has 1 atom stereocenters. The summed E-state index contributed by atoms with van der Waals surface area (Å²) in [6, 6.07) is 19.2. The lowest BCUT2D eigenvalue weighted by atomic mass is 10.0. The summed E-state index contributed by atoms with van der Waals surface area (Å²) in [5.74, 6) is 1.65. The van der Waals surface area contributed by atoms with Gasteiger partial charge >= 0.3 is 0 Å². The Labute approximate surface area is 144 Å².